The molecule has 88 valence electrons. The van der Waals surface area contributed by atoms with E-state index in [1.54, 1.807) is 0 Å². The first-order valence-corrected chi connectivity index (χ1v) is 5.65. The molecule has 1 aliphatic rings. The third kappa shape index (κ3) is 3.49. The van der Waals surface area contributed by atoms with Crippen LogP contribution in [-0.4, -0.2) is 24.7 Å². The second-order valence-corrected chi connectivity index (χ2v) is 5.95. The third-order valence-electron chi connectivity index (χ3n) is 3.14. The molecule has 15 heavy (non-hydrogen) atoms. The molecule has 2 atom stereocenters. The van der Waals surface area contributed by atoms with Crippen LogP contribution in [0, 0.1) is 11.3 Å². The molecule has 0 aromatic carbocycles. The van der Waals surface area contributed by atoms with E-state index >= 15 is 0 Å². The summed E-state index contributed by atoms with van der Waals surface area (Å²) in [5, 5.41) is 3.32. The number of rotatable bonds is 2. The highest BCUT2D eigenvalue weighted by Crippen LogP contribution is 2.34. The summed E-state index contributed by atoms with van der Waals surface area (Å²) in [5.74, 6) is 0.450. The molecule has 1 N–H and O–H groups in total. The van der Waals surface area contributed by atoms with Crippen molar-refractivity contribution in [3.05, 3.63) is 0 Å². The molecule has 3 heteroatoms. The van der Waals surface area contributed by atoms with E-state index in [9.17, 15) is 4.79 Å². The van der Waals surface area contributed by atoms with E-state index < -0.39 is 0 Å². The van der Waals surface area contributed by atoms with Crippen molar-refractivity contribution >= 4 is 5.97 Å². The van der Waals surface area contributed by atoms with Crippen molar-refractivity contribution in [1.29, 1.82) is 0 Å². The summed E-state index contributed by atoms with van der Waals surface area (Å²) in [5.41, 5.74) is -0.314. The predicted octanol–water partition coefficient (Wildman–Crippen LogP) is 1.96. The van der Waals surface area contributed by atoms with Crippen LogP contribution in [0.4, 0.5) is 0 Å². The molecule has 0 spiro atoms. The number of hydrogen-bond acceptors (Lipinski definition) is 3. The molecule has 0 aromatic rings. The fourth-order valence-corrected chi connectivity index (χ4v) is 1.94. The molecule has 0 amide bonds. The van der Waals surface area contributed by atoms with Gasteiger partial charge in [0.15, 0.2) is 0 Å². The van der Waals surface area contributed by atoms with E-state index in [0.717, 1.165) is 13.1 Å². The predicted molar refractivity (Wildman–Crippen MR) is 60.6 cm³/mol. The van der Waals surface area contributed by atoms with Gasteiger partial charge in [-0.3, -0.25) is 4.79 Å². The lowest BCUT2D eigenvalue weighted by atomic mass is 9.78. The maximum Gasteiger partial charge on any atom is 0.306 e. The van der Waals surface area contributed by atoms with E-state index in [1.807, 2.05) is 20.8 Å². The van der Waals surface area contributed by atoms with Crippen molar-refractivity contribution in [3.63, 3.8) is 0 Å². The molecule has 3 nitrogen and oxygen atoms in total. The minimum atomic E-state index is -0.372. The van der Waals surface area contributed by atoms with Crippen molar-refractivity contribution in [2.75, 3.05) is 13.1 Å². The van der Waals surface area contributed by atoms with Gasteiger partial charge in [0.2, 0.25) is 0 Å². The van der Waals surface area contributed by atoms with Gasteiger partial charge in [-0.2, -0.15) is 0 Å². The Hall–Kier alpha value is -0.570. The van der Waals surface area contributed by atoms with Crippen LogP contribution >= 0.6 is 0 Å². The molecule has 0 radical (unpaired) electrons. The van der Waals surface area contributed by atoms with Crippen LogP contribution in [0.1, 0.15) is 41.0 Å². The fraction of sp³-hybridized carbons (Fsp3) is 0.917. The summed E-state index contributed by atoms with van der Waals surface area (Å²) < 4.78 is 5.35. The van der Waals surface area contributed by atoms with Crippen molar-refractivity contribution in [2.45, 2.75) is 46.6 Å². The standard InChI is InChI=1S/C12H23NO2/c1-9-7-13-8-12(9,5)6-10(14)15-11(2,3)4/h9,13H,6-8H2,1-5H3/t9-,12+/m0/s1. The van der Waals surface area contributed by atoms with Crippen molar-refractivity contribution < 1.29 is 9.53 Å². The summed E-state index contributed by atoms with van der Waals surface area (Å²) in [6.45, 7) is 12.0. The van der Waals surface area contributed by atoms with E-state index in [4.69, 9.17) is 4.74 Å². The maximum absolute atomic E-state index is 11.7. The monoisotopic (exact) mass is 213 g/mol. The molecule has 0 saturated carbocycles. The minimum Gasteiger partial charge on any atom is -0.460 e. The zero-order valence-electron chi connectivity index (χ0n) is 10.5. The van der Waals surface area contributed by atoms with Gasteiger partial charge < -0.3 is 10.1 Å². The highest BCUT2D eigenvalue weighted by molar-refractivity contribution is 5.70. The summed E-state index contributed by atoms with van der Waals surface area (Å²) in [6.07, 6.45) is 0.512. The Morgan fingerprint density at radius 1 is 1.53 bits per heavy atom. The van der Waals surface area contributed by atoms with Crippen molar-refractivity contribution in [1.82, 2.24) is 5.32 Å². The Kier molecular flexibility index (Phi) is 3.44. The number of nitrogens with one attached hydrogen (secondary N) is 1. The Morgan fingerprint density at radius 3 is 2.53 bits per heavy atom. The molecule has 0 aromatic heterocycles. The molecule has 1 aliphatic heterocycles. The lowest BCUT2D eigenvalue weighted by Crippen LogP contribution is -2.32. The fourth-order valence-electron chi connectivity index (χ4n) is 1.94. The Labute approximate surface area is 92.6 Å². The molecule has 1 saturated heterocycles. The van der Waals surface area contributed by atoms with Gasteiger partial charge in [-0.15, -0.1) is 0 Å². The molecular formula is C12H23NO2. The molecule has 0 bridgehead atoms. The maximum atomic E-state index is 11.7. The second-order valence-electron chi connectivity index (χ2n) is 5.95. The summed E-state index contributed by atoms with van der Waals surface area (Å²) in [4.78, 5) is 11.7. The van der Waals surface area contributed by atoms with Crippen LogP contribution in [-0.2, 0) is 9.53 Å². The zero-order chi connectivity index (χ0) is 11.7. The zero-order valence-corrected chi connectivity index (χ0v) is 10.5. The van der Waals surface area contributed by atoms with Gasteiger partial charge in [-0.25, -0.2) is 0 Å². The Balaban J connectivity index is 2.51. The minimum absolute atomic E-state index is 0.0579. The number of esters is 1. The Morgan fingerprint density at radius 2 is 2.13 bits per heavy atom. The van der Waals surface area contributed by atoms with E-state index in [2.05, 4.69) is 19.2 Å². The van der Waals surface area contributed by atoms with Gasteiger partial charge in [-0.1, -0.05) is 13.8 Å². The van der Waals surface area contributed by atoms with Crippen LogP contribution in [0.2, 0.25) is 0 Å². The van der Waals surface area contributed by atoms with Gasteiger partial charge in [0.25, 0.3) is 0 Å². The Bertz CT molecular complexity index is 244. The van der Waals surface area contributed by atoms with Gasteiger partial charge in [0, 0.05) is 6.54 Å². The van der Waals surface area contributed by atoms with Gasteiger partial charge in [0.1, 0.15) is 5.60 Å². The first-order chi connectivity index (χ1) is 6.73. The van der Waals surface area contributed by atoms with Crippen LogP contribution in [0.5, 0.6) is 0 Å². The number of carbonyl (C=O) groups excluding carboxylic acids is 1. The lowest BCUT2D eigenvalue weighted by Gasteiger charge is -2.29. The van der Waals surface area contributed by atoms with Crippen LogP contribution in [0.3, 0.4) is 0 Å². The first kappa shape index (κ1) is 12.5. The molecule has 1 fully saturated rings. The number of hydrogen-bond donors (Lipinski definition) is 1. The highest BCUT2D eigenvalue weighted by Gasteiger charge is 2.38. The van der Waals surface area contributed by atoms with Gasteiger partial charge in [0.05, 0.1) is 6.42 Å². The summed E-state index contributed by atoms with van der Waals surface area (Å²) in [6, 6.07) is 0. The quantitative estimate of drug-likeness (QED) is 0.713. The number of ether oxygens (including phenoxy) is 1. The van der Waals surface area contributed by atoms with Crippen molar-refractivity contribution in [2.24, 2.45) is 11.3 Å². The molecule has 0 aliphatic carbocycles. The van der Waals surface area contributed by atoms with E-state index in [1.165, 1.54) is 0 Å². The molecule has 0 unspecified atom stereocenters. The van der Waals surface area contributed by atoms with E-state index in [-0.39, 0.29) is 17.0 Å². The smallest absolute Gasteiger partial charge is 0.306 e. The average Bonchev–Trinajstić information content (AvgIpc) is 2.27. The topological polar surface area (TPSA) is 38.3 Å². The van der Waals surface area contributed by atoms with Crippen LogP contribution < -0.4 is 5.32 Å². The molecular weight excluding hydrogens is 190 g/mol. The first-order valence-electron chi connectivity index (χ1n) is 5.65. The second kappa shape index (κ2) is 4.12. The van der Waals surface area contributed by atoms with E-state index in [0.29, 0.717) is 12.3 Å². The molecule has 1 rings (SSSR count). The van der Waals surface area contributed by atoms with Crippen LogP contribution in [0.25, 0.3) is 0 Å². The third-order valence-corrected chi connectivity index (χ3v) is 3.14. The average molecular weight is 213 g/mol. The summed E-state index contributed by atoms with van der Waals surface area (Å²) >= 11 is 0. The highest BCUT2D eigenvalue weighted by atomic mass is 16.6. The van der Waals surface area contributed by atoms with Crippen molar-refractivity contribution in [3.8, 4) is 0 Å². The largest absolute Gasteiger partial charge is 0.460 e. The van der Waals surface area contributed by atoms with Gasteiger partial charge in [-0.05, 0) is 38.6 Å². The lowest BCUT2D eigenvalue weighted by molar-refractivity contribution is -0.157. The number of carbonyl (C=O) groups is 1. The van der Waals surface area contributed by atoms with Gasteiger partial charge >= 0.3 is 5.97 Å². The summed E-state index contributed by atoms with van der Waals surface area (Å²) in [7, 11) is 0. The SMILES string of the molecule is C[C@H]1CNC[C@@]1(C)CC(=O)OC(C)(C)C. The molecule has 1 heterocycles. The van der Waals surface area contributed by atoms with Crippen LogP contribution in [0.15, 0.2) is 0 Å². The normalized spacial score (nSPS) is 31.7.